The molecule has 1 aromatic heterocycles. The van der Waals surface area contributed by atoms with E-state index in [4.69, 9.17) is 0 Å². The van der Waals surface area contributed by atoms with E-state index in [0.29, 0.717) is 5.41 Å². The zero-order valence-corrected chi connectivity index (χ0v) is 10.3. The predicted octanol–water partition coefficient (Wildman–Crippen LogP) is 3.09. The summed E-state index contributed by atoms with van der Waals surface area (Å²) in [7, 11) is 0. The van der Waals surface area contributed by atoms with Crippen LogP contribution in [0.2, 0.25) is 0 Å². The molecule has 1 unspecified atom stereocenters. The van der Waals surface area contributed by atoms with Crippen molar-refractivity contribution in [2.45, 2.75) is 45.1 Å². The molecule has 0 saturated carbocycles. The second-order valence-corrected chi connectivity index (χ2v) is 6.33. The van der Waals surface area contributed by atoms with Crippen LogP contribution in [0, 0.1) is 6.92 Å². The molecule has 1 N–H and O–H groups in total. The number of aryl methyl sites for hydroxylation is 1. The Hall–Kier alpha value is -0.340. The van der Waals surface area contributed by atoms with Crippen LogP contribution in [0.1, 0.15) is 36.9 Å². The monoisotopic (exact) mass is 209 g/mol. The Bertz CT molecular complexity index is 340. The summed E-state index contributed by atoms with van der Waals surface area (Å²) in [5, 5.41) is 3.60. The largest absolute Gasteiger partial charge is 0.311 e. The van der Waals surface area contributed by atoms with Crippen molar-refractivity contribution >= 4 is 11.3 Å². The van der Waals surface area contributed by atoms with Crippen LogP contribution in [0.25, 0.3) is 0 Å². The van der Waals surface area contributed by atoms with Crippen LogP contribution in [0.15, 0.2) is 12.1 Å². The summed E-state index contributed by atoms with van der Waals surface area (Å²) in [6, 6.07) is 4.54. The molecule has 1 saturated heterocycles. The van der Waals surface area contributed by atoms with Gasteiger partial charge < -0.3 is 5.32 Å². The van der Waals surface area contributed by atoms with Crippen LogP contribution in [0.4, 0.5) is 0 Å². The van der Waals surface area contributed by atoms with Gasteiger partial charge in [0.1, 0.15) is 0 Å². The standard InChI is InChI=1S/C12H19NS/c1-9-5-6-10(14-9)12(4)7-8-13-11(12,2)3/h5-6,13H,7-8H2,1-4H3. The van der Waals surface area contributed by atoms with E-state index in [1.165, 1.54) is 16.2 Å². The predicted molar refractivity (Wildman–Crippen MR) is 63.1 cm³/mol. The highest BCUT2D eigenvalue weighted by Crippen LogP contribution is 2.44. The minimum Gasteiger partial charge on any atom is -0.311 e. The van der Waals surface area contributed by atoms with Crippen LogP contribution in [0.3, 0.4) is 0 Å². The van der Waals surface area contributed by atoms with Crippen molar-refractivity contribution in [1.29, 1.82) is 0 Å². The van der Waals surface area contributed by atoms with Crippen molar-refractivity contribution in [1.82, 2.24) is 5.32 Å². The summed E-state index contributed by atoms with van der Waals surface area (Å²) in [6.07, 6.45) is 1.25. The van der Waals surface area contributed by atoms with Gasteiger partial charge in [-0.2, -0.15) is 0 Å². The Kier molecular flexibility index (Phi) is 2.24. The maximum absolute atomic E-state index is 3.60. The van der Waals surface area contributed by atoms with Crippen molar-refractivity contribution in [2.24, 2.45) is 0 Å². The fourth-order valence-electron chi connectivity index (χ4n) is 2.29. The molecule has 1 aliphatic rings. The Morgan fingerprint density at radius 3 is 2.43 bits per heavy atom. The molecule has 0 radical (unpaired) electrons. The molecule has 2 heterocycles. The number of hydrogen-bond donors (Lipinski definition) is 1. The summed E-state index contributed by atoms with van der Waals surface area (Å²) >= 11 is 1.95. The maximum atomic E-state index is 3.60. The van der Waals surface area contributed by atoms with Gasteiger partial charge in [0.15, 0.2) is 0 Å². The minimum atomic E-state index is 0.226. The molecular formula is C12H19NS. The van der Waals surface area contributed by atoms with Gasteiger partial charge in [0.25, 0.3) is 0 Å². The molecule has 0 amide bonds. The lowest BCUT2D eigenvalue weighted by Crippen LogP contribution is -2.47. The molecule has 0 aliphatic carbocycles. The van der Waals surface area contributed by atoms with Crippen LogP contribution in [-0.4, -0.2) is 12.1 Å². The smallest absolute Gasteiger partial charge is 0.0227 e. The summed E-state index contributed by atoms with van der Waals surface area (Å²) in [5.74, 6) is 0. The molecule has 14 heavy (non-hydrogen) atoms. The molecule has 1 nitrogen and oxygen atoms in total. The molecule has 78 valence electrons. The van der Waals surface area contributed by atoms with Gasteiger partial charge in [0.2, 0.25) is 0 Å². The van der Waals surface area contributed by atoms with Gasteiger partial charge in [-0.15, -0.1) is 11.3 Å². The zero-order valence-electron chi connectivity index (χ0n) is 9.48. The van der Waals surface area contributed by atoms with E-state index in [1.54, 1.807) is 0 Å². The van der Waals surface area contributed by atoms with E-state index in [2.05, 4.69) is 45.1 Å². The van der Waals surface area contributed by atoms with Crippen LogP contribution in [0.5, 0.6) is 0 Å². The highest BCUT2D eigenvalue weighted by atomic mass is 32.1. The fraction of sp³-hybridized carbons (Fsp3) is 0.667. The SMILES string of the molecule is Cc1ccc(C2(C)CCNC2(C)C)s1. The molecule has 1 fully saturated rings. The van der Waals surface area contributed by atoms with Gasteiger partial charge in [-0.3, -0.25) is 0 Å². The molecule has 2 heteroatoms. The first-order valence-corrected chi connectivity index (χ1v) is 6.09. The third-order valence-corrected chi connectivity index (χ3v) is 5.12. The first-order chi connectivity index (χ1) is 6.46. The topological polar surface area (TPSA) is 12.0 Å². The number of thiophene rings is 1. The third-order valence-electron chi connectivity index (χ3n) is 3.86. The van der Waals surface area contributed by atoms with Gasteiger partial charge in [-0.1, -0.05) is 6.92 Å². The molecule has 0 bridgehead atoms. The van der Waals surface area contributed by atoms with E-state index in [-0.39, 0.29) is 5.54 Å². The highest BCUT2D eigenvalue weighted by molar-refractivity contribution is 7.12. The Morgan fingerprint density at radius 2 is 2.00 bits per heavy atom. The van der Waals surface area contributed by atoms with Crippen LogP contribution >= 0.6 is 11.3 Å². The molecule has 0 aromatic carbocycles. The van der Waals surface area contributed by atoms with E-state index in [1.807, 2.05) is 11.3 Å². The third kappa shape index (κ3) is 1.32. The molecule has 1 atom stereocenters. The fourth-order valence-corrected chi connectivity index (χ4v) is 3.50. The van der Waals surface area contributed by atoms with Crippen molar-refractivity contribution in [3.8, 4) is 0 Å². The Balaban J connectivity index is 2.41. The maximum Gasteiger partial charge on any atom is 0.0227 e. The normalized spacial score (nSPS) is 30.9. The summed E-state index contributed by atoms with van der Waals surface area (Å²) in [5.41, 5.74) is 0.538. The van der Waals surface area contributed by atoms with Crippen molar-refractivity contribution in [3.05, 3.63) is 21.9 Å². The lowest BCUT2D eigenvalue weighted by atomic mass is 9.73. The Morgan fingerprint density at radius 1 is 1.29 bits per heavy atom. The Labute approximate surface area is 90.5 Å². The second kappa shape index (κ2) is 3.07. The zero-order chi connectivity index (χ0) is 10.4. The lowest BCUT2D eigenvalue weighted by molar-refractivity contribution is 0.302. The first-order valence-electron chi connectivity index (χ1n) is 5.28. The van der Waals surface area contributed by atoms with E-state index >= 15 is 0 Å². The average Bonchev–Trinajstić information content (AvgIpc) is 2.60. The lowest BCUT2D eigenvalue weighted by Gasteiger charge is -2.37. The van der Waals surface area contributed by atoms with E-state index in [0.717, 1.165) is 6.54 Å². The van der Waals surface area contributed by atoms with Gasteiger partial charge >= 0.3 is 0 Å². The molecule has 0 spiro atoms. The molecular weight excluding hydrogens is 190 g/mol. The molecule has 2 rings (SSSR count). The summed E-state index contributed by atoms with van der Waals surface area (Å²) in [4.78, 5) is 2.95. The molecule has 1 aromatic rings. The van der Waals surface area contributed by atoms with Gasteiger partial charge in [0, 0.05) is 20.7 Å². The van der Waals surface area contributed by atoms with Crippen molar-refractivity contribution < 1.29 is 0 Å². The summed E-state index contributed by atoms with van der Waals surface area (Å²) < 4.78 is 0. The highest BCUT2D eigenvalue weighted by Gasteiger charge is 2.46. The van der Waals surface area contributed by atoms with Gasteiger partial charge in [0.05, 0.1) is 0 Å². The number of rotatable bonds is 1. The van der Waals surface area contributed by atoms with Crippen molar-refractivity contribution in [2.75, 3.05) is 6.54 Å². The van der Waals surface area contributed by atoms with Gasteiger partial charge in [-0.05, 0) is 45.9 Å². The molecule has 1 aliphatic heterocycles. The minimum absolute atomic E-state index is 0.226. The van der Waals surface area contributed by atoms with E-state index in [9.17, 15) is 0 Å². The number of hydrogen-bond acceptors (Lipinski definition) is 2. The van der Waals surface area contributed by atoms with Crippen LogP contribution < -0.4 is 5.32 Å². The number of nitrogens with one attached hydrogen (secondary N) is 1. The second-order valence-electron chi connectivity index (χ2n) is 5.04. The first kappa shape index (κ1) is 10.2. The van der Waals surface area contributed by atoms with E-state index < -0.39 is 0 Å². The van der Waals surface area contributed by atoms with Crippen molar-refractivity contribution in [3.63, 3.8) is 0 Å². The quantitative estimate of drug-likeness (QED) is 0.749. The summed E-state index contributed by atoms with van der Waals surface area (Å²) in [6.45, 7) is 10.3. The van der Waals surface area contributed by atoms with Crippen LogP contribution in [-0.2, 0) is 5.41 Å². The van der Waals surface area contributed by atoms with Gasteiger partial charge in [-0.25, -0.2) is 0 Å². The average molecular weight is 209 g/mol.